The summed E-state index contributed by atoms with van der Waals surface area (Å²) in [5.74, 6) is -5.34. The molecule has 2 saturated heterocycles. The Morgan fingerprint density at radius 3 is 2.43 bits per heavy atom. The van der Waals surface area contributed by atoms with Gasteiger partial charge in [0.05, 0.1) is 6.07 Å². The Morgan fingerprint density at radius 2 is 1.89 bits per heavy atom. The molecular formula is C24H31F4N5O4. The minimum Gasteiger partial charge on any atom is -0.356 e. The van der Waals surface area contributed by atoms with E-state index in [1.54, 1.807) is 0 Å². The minimum atomic E-state index is -5.31. The van der Waals surface area contributed by atoms with Crippen LogP contribution in [0.1, 0.15) is 52.4 Å². The first kappa shape index (κ1) is 27.1. The van der Waals surface area contributed by atoms with E-state index in [1.165, 1.54) is 5.32 Å². The number of hydrogen-bond donors (Lipinski definition) is 3. The normalized spacial score (nSPS) is 31.1. The molecule has 37 heavy (non-hydrogen) atoms. The molecular weight excluding hydrogens is 498 g/mol. The van der Waals surface area contributed by atoms with Crippen LogP contribution >= 0.6 is 0 Å². The molecule has 2 aliphatic heterocycles. The number of rotatable bonds is 7. The van der Waals surface area contributed by atoms with Gasteiger partial charge in [-0.15, -0.1) is 0 Å². The van der Waals surface area contributed by atoms with E-state index in [2.05, 4.69) is 10.6 Å². The molecule has 3 N–H and O–H groups in total. The predicted octanol–water partition coefficient (Wildman–Crippen LogP) is 1.33. The Hall–Kier alpha value is -2.91. The van der Waals surface area contributed by atoms with Gasteiger partial charge in [0.25, 0.3) is 0 Å². The van der Waals surface area contributed by atoms with Crippen molar-refractivity contribution >= 4 is 23.6 Å². The molecule has 2 heterocycles. The van der Waals surface area contributed by atoms with Crippen LogP contribution in [-0.4, -0.2) is 71.6 Å². The number of carbonyl (C=O) groups is 4. The van der Waals surface area contributed by atoms with Crippen molar-refractivity contribution < 1.29 is 36.7 Å². The topological polar surface area (TPSA) is 131 Å². The number of nitrogens with zero attached hydrogens (tertiary/aromatic N) is 2. The largest absolute Gasteiger partial charge is 0.471 e. The first-order chi connectivity index (χ1) is 17.2. The zero-order valence-corrected chi connectivity index (χ0v) is 20.7. The van der Waals surface area contributed by atoms with Crippen molar-refractivity contribution in [1.82, 2.24) is 20.9 Å². The molecule has 0 aromatic rings. The summed E-state index contributed by atoms with van der Waals surface area (Å²) >= 11 is 0. The van der Waals surface area contributed by atoms with E-state index < -0.39 is 53.6 Å². The van der Waals surface area contributed by atoms with Gasteiger partial charge in [0.2, 0.25) is 17.7 Å². The lowest BCUT2D eigenvalue weighted by atomic mass is 9.75. The third-order valence-electron chi connectivity index (χ3n) is 8.63. The summed E-state index contributed by atoms with van der Waals surface area (Å²) in [6.45, 7) is 4.34. The van der Waals surface area contributed by atoms with Crippen LogP contribution in [0.2, 0.25) is 0 Å². The maximum Gasteiger partial charge on any atom is 0.471 e. The Kier molecular flexibility index (Phi) is 6.92. The second kappa shape index (κ2) is 9.44. The molecule has 4 fully saturated rings. The Bertz CT molecular complexity index is 1020. The van der Waals surface area contributed by atoms with Gasteiger partial charge < -0.3 is 20.9 Å². The predicted molar refractivity (Wildman–Crippen MR) is 120 cm³/mol. The number of hydrogen-bond acceptors (Lipinski definition) is 5. The van der Waals surface area contributed by atoms with E-state index in [1.807, 2.05) is 19.9 Å². The fourth-order valence-corrected chi connectivity index (χ4v) is 6.15. The van der Waals surface area contributed by atoms with Crippen LogP contribution in [0, 0.1) is 34.5 Å². The van der Waals surface area contributed by atoms with Crippen molar-refractivity contribution in [3.05, 3.63) is 0 Å². The Morgan fingerprint density at radius 1 is 1.22 bits per heavy atom. The molecule has 13 heteroatoms. The van der Waals surface area contributed by atoms with E-state index in [4.69, 9.17) is 0 Å². The maximum atomic E-state index is 15.4. The fourth-order valence-electron chi connectivity index (χ4n) is 6.15. The standard InChI is InChI=1S/C24H31F4N5O4/c1-22(2)14-11-33(20(36)17(23(25)6-4-7-23)32-21(37)24(26,27)28)16(15(14)22)19(35)31-13(10-29)9-12-5-3-8-30-18(12)34/h12-17H,3-9,11H2,1-2H3,(H,30,34)(H,31,35)(H,32,37). The number of carbonyl (C=O) groups excluding carboxylic acids is 4. The van der Waals surface area contributed by atoms with Crippen molar-refractivity contribution in [1.29, 1.82) is 5.26 Å². The quantitative estimate of drug-likeness (QED) is 0.429. The average molecular weight is 530 g/mol. The third-order valence-corrected chi connectivity index (χ3v) is 8.63. The molecule has 2 aliphatic carbocycles. The molecule has 204 valence electrons. The highest BCUT2D eigenvalue weighted by Crippen LogP contribution is 2.65. The van der Waals surface area contributed by atoms with E-state index in [9.17, 15) is 37.6 Å². The maximum absolute atomic E-state index is 15.4. The van der Waals surface area contributed by atoms with E-state index >= 15 is 4.39 Å². The van der Waals surface area contributed by atoms with Crippen LogP contribution in [0.3, 0.4) is 0 Å². The van der Waals surface area contributed by atoms with Gasteiger partial charge in [-0.3, -0.25) is 19.2 Å². The molecule has 6 atom stereocenters. The summed E-state index contributed by atoms with van der Waals surface area (Å²) in [5.41, 5.74) is -2.69. The number of fused-ring (bicyclic) bond motifs is 1. The van der Waals surface area contributed by atoms with Crippen LogP contribution in [0.4, 0.5) is 17.6 Å². The van der Waals surface area contributed by atoms with Crippen molar-refractivity contribution in [2.45, 2.75) is 82.3 Å². The molecule has 2 saturated carbocycles. The molecule has 0 aromatic carbocycles. The molecule has 9 nitrogen and oxygen atoms in total. The first-order valence-corrected chi connectivity index (χ1v) is 12.6. The summed E-state index contributed by atoms with van der Waals surface area (Å²) in [6.07, 6.45) is -3.97. The summed E-state index contributed by atoms with van der Waals surface area (Å²) in [6, 6.07) is -2.28. The number of amides is 4. The highest BCUT2D eigenvalue weighted by atomic mass is 19.4. The van der Waals surface area contributed by atoms with E-state index in [-0.39, 0.29) is 49.0 Å². The summed E-state index contributed by atoms with van der Waals surface area (Å²) in [5, 5.41) is 16.5. The van der Waals surface area contributed by atoms with Crippen LogP contribution in [0.5, 0.6) is 0 Å². The van der Waals surface area contributed by atoms with Gasteiger partial charge in [-0.05, 0) is 55.8 Å². The van der Waals surface area contributed by atoms with Crippen molar-refractivity contribution in [2.24, 2.45) is 23.2 Å². The monoisotopic (exact) mass is 529 g/mol. The number of nitrogens with one attached hydrogen (secondary N) is 3. The van der Waals surface area contributed by atoms with Gasteiger partial charge in [0.1, 0.15) is 23.8 Å². The van der Waals surface area contributed by atoms with Crippen LogP contribution < -0.4 is 16.0 Å². The number of halogens is 4. The van der Waals surface area contributed by atoms with Crippen molar-refractivity contribution in [3.8, 4) is 6.07 Å². The van der Waals surface area contributed by atoms with E-state index in [0.29, 0.717) is 19.4 Å². The first-order valence-electron chi connectivity index (χ1n) is 12.6. The average Bonchev–Trinajstić information content (AvgIpc) is 3.14. The fraction of sp³-hybridized carbons (Fsp3) is 0.792. The molecule has 4 amide bonds. The summed E-state index contributed by atoms with van der Waals surface area (Å²) in [4.78, 5) is 51.7. The van der Waals surface area contributed by atoms with Crippen LogP contribution in [0.25, 0.3) is 0 Å². The van der Waals surface area contributed by atoms with Gasteiger partial charge in [-0.25, -0.2) is 4.39 Å². The van der Waals surface area contributed by atoms with Crippen molar-refractivity contribution in [3.63, 3.8) is 0 Å². The molecule has 0 bridgehead atoms. The zero-order chi connectivity index (χ0) is 27.3. The molecule has 4 aliphatic rings. The van der Waals surface area contributed by atoms with Crippen LogP contribution in [0.15, 0.2) is 0 Å². The molecule has 6 unspecified atom stereocenters. The lowest BCUT2D eigenvalue weighted by Gasteiger charge is -2.43. The minimum absolute atomic E-state index is 0.0192. The summed E-state index contributed by atoms with van der Waals surface area (Å²) < 4.78 is 54.2. The lowest BCUT2D eigenvalue weighted by molar-refractivity contribution is -0.177. The second-order valence-electron chi connectivity index (χ2n) is 11.2. The number of piperidine rings is 2. The van der Waals surface area contributed by atoms with Gasteiger partial charge >= 0.3 is 12.1 Å². The number of likely N-dealkylation sites (tertiary alicyclic amines) is 1. The van der Waals surface area contributed by atoms with Crippen LogP contribution in [-0.2, 0) is 19.2 Å². The van der Waals surface area contributed by atoms with Crippen molar-refractivity contribution in [2.75, 3.05) is 13.1 Å². The Labute approximate surface area is 211 Å². The highest BCUT2D eigenvalue weighted by molar-refractivity contribution is 5.95. The second-order valence-corrected chi connectivity index (χ2v) is 11.2. The third kappa shape index (κ3) is 4.99. The van der Waals surface area contributed by atoms with Gasteiger partial charge in [0.15, 0.2) is 0 Å². The molecule has 0 aromatic heterocycles. The van der Waals surface area contributed by atoms with Gasteiger partial charge in [-0.2, -0.15) is 18.4 Å². The van der Waals surface area contributed by atoms with E-state index in [0.717, 1.165) is 11.3 Å². The zero-order valence-electron chi connectivity index (χ0n) is 20.7. The molecule has 0 radical (unpaired) electrons. The van der Waals surface area contributed by atoms with Gasteiger partial charge in [-0.1, -0.05) is 13.8 Å². The number of nitriles is 1. The highest BCUT2D eigenvalue weighted by Gasteiger charge is 2.70. The SMILES string of the molecule is CC1(C)C2CN(C(=O)C(NC(=O)C(F)(F)F)C3(F)CCC3)C(C(=O)NC(C#N)CC3CCCNC3=O)C21. The lowest BCUT2D eigenvalue weighted by Crippen LogP contribution is -2.65. The molecule has 0 spiro atoms. The smallest absolute Gasteiger partial charge is 0.356 e. The van der Waals surface area contributed by atoms with Gasteiger partial charge in [0, 0.05) is 19.0 Å². The number of alkyl halides is 4. The summed E-state index contributed by atoms with van der Waals surface area (Å²) in [7, 11) is 0. The Balaban J connectivity index is 1.53. The molecule has 4 rings (SSSR count).